The third-order valence-electron chi connectivity index (χ3n) is 5.46. The van der Waals surface area contributed by atoms with Crippen molar-refractivity contribution in [1.29, 1.82) is 0 Å². The standard InChI is InChI=1S/C18H25ClN2O/c19-14-17(22)21-12-8-18(9-13-21)6-10-20(11-7-18)15-16-4-2-1-3-5-16/h1-5H,6-15H2. The van der Waals surface area contributed by atoms with Crippen LogP contribution in [0.2, 0.25) is 0 Å². The first-order valence-corrected chi connectivity index (χ1v) is 8.84. The van der Waals surface area contributed by atoms with Gasteiger partial charge in [0.25, 0.3) is 0 Å². The van der Waals surface area contributed by atoms with Crippen LogP contribution in [0.1, 0.15) is 31.2 Å². The van der Waals surface area contributed by atoms with Gasteiger partial charge >= 0.3 is 0 Å². The fraction of sp³-hybridized carbons (Fsp3) is 0.611. The van der Waals surface area contributed by atoms with Crippen LogP contribution >= 0.6 is 11.6 Å². The molecule has 0 aliphatic carbocycles. The maximum absolute atomic E-state index is 11.7. The van der Waals surface area contributed by atoms with E-state index < -0.39 is 0 Å². The van der Waals surface area contributed by atoms with Gasteiger partial charge in [-0.3, -0.25) is 9.69 Å². The zero-order valence-corrected chi connectivity index (χ0v) is 13.9. The molecular weight excluding hydrogens is 296 g/mol. The molecule has 2 aliphatic rings. The van der Waals surface area contributed by atoms with Crippen LogP contribution in [0.25, 0.3) is 0 Å². The highest BCUT2D eigenvalue weighted by atomic mass is 35.5. The lowest BCUT2D eigenvalue weighted by Crippen LogP contribution is -2.48. The number of hydrogen-bond donors (Lipinski definition) is 0. The quantitative estimate of drug-likeness (QED) is 0.799. The highest BCUT2D eigenvalue weighted by Gasteiger charge is 2.38. The van der Waals surface area contributed by atoms with Crippen molar-refractivity contribution < 1.29 is 4.79 Å². The van der Waals surface area contributed by atoms with Gasteiger partial charge in [-0.25, -0.2) is 0 Å². The number of carbonyl (C=O) groups is 1. The summed E-state index contributed by atoms with van der Waals surface area (Å²) in [6.45, 7) is 5.21. The Morgan fingerprint density at radius 2 is 1.59 bits per heavy atom. The zero-order chi connectivity index (χ0) is 15.4. The van der Waals surface area contributed by atoms with Gasteiger partial charge in [-0.2, -0.15) is 0 Å². The number of amides is 1. The number of benzene rings is 1. The summed E-state index contributed by atoms with van der Waals surface area (Å²) < 4.78 is 0. The summed E-state index contributed by atoms with van der Waals surface area (Å²) in [5.41, 5.74) is 1.87. The number of piperidine rings is 2. The van der Waals surface area contributed by atoms with Crippen molar-refractivity contribution in [3.05, 3.63) is 35.9 Å². The van der Waals surface area contributed by atoms with E-state index in [2.05, 4.69) is 35.2 Å². The van der Waals surface area contributed by atoms with Crippen LogP contribution in [0, 0.1) is 5.41 Å². The smallest absolute Gasteiger partial charge is 0.237 e. The van der Waals surface area contributed by atoms with E-state index in [0.29, 0.717) is 5.41 Å². The summed E-state index contributed by atoms with van der Waals surface area (Å²) in [5.74, 6) is 0.218. The molecule has 3 rings (SSSR count). The minimum absolute atomic E-state index is 0.0954. The number of nitrogens with zero attached hydrogens (tertiary/aromatic N) is 2. The largest absolute Gasteiger partial charge is 0.342 e. The minimum Gasteiger partial charge on any atom is -0.342 e. The van der Waals surface area contributed by atoms with E-state index in [9.17, 15) is 4.79 Å². The van der Waals surface area contributed by atoms with Crippen LogP contribution in [-0.4, -0.2) is 47.8 Å². The third-order valence-corrected chi connectivity index (χ3v) is 5.69. The first kappa shape index (κ1) is 15.8. The third kappa shape index (κ3) is 3.64. The van der Waals surface area contributed by atoms with Crippen molar-refractivity contribution in [3.63, 3.8) is 0 Å². The van der Waals surface area contributed by atoms with E-state index in [0.717, 1.165) is 32.5 Å². The van der Waals surface area contributed by atoms with Gasteiger partial charge in [0.15, 0.2) is 0 Å². The van der Waals surface area contributed by atoms with E-state index in [1.165, 1.54) is 31.5 Å². The van der Waals surface area contributed by atoms with Gasteiger partial charge in [0.1, 0.15) is 5.88 Å². The fourth-order valence-electron chi connectivity index (χ4n) is 3.84. The molecule has 0 unspecified atom stereocenters. The Balaban J connectivity index is 1.49. The number of likely N-dealkylation sites (tertiary alicyclic amines) is 2. The van der Waals surface area contributed by atoms with Gasteiger partial charge in [-0.1, -0.05) is 30.3 Å². The number of hydrogen-bond acceptors (Lipinski definition) is 2. The van der Waals surface area contributed by atoms with Crippen LogP contribution in [0.3, 0.4) is 0 Å². The molecule has 1 aromatic rings. The lowest BCUT2D eigenvalue weighted by Gasteiger charge is -2.46. The summed E-state index contributed by atoms with van der Waals surface area (Å²) in [5, 5.41) is 0. The van der Waals surface area contributed by atoms with Gasteiger partial charge in [0.05, 0.1) is 0 Å². The predicted molar refractivity (Wildman–Crippen MR) is 89.9 cm³/mol. The van der Waals surface area contributed by atoms with Gasteiger partial charge in [0, 0.05) is 19.6 Å². The second-order valence-corrected chi connectivity index (χ2v) is 7.04. The van der Waals surface area contributed by atoms with Crippen molar-refractivity contribution in [1.82, 2.24) is 9.80 Å². The molecule has 4 heteroatoms. The monoisotopic (exact) mass is 320 g/mol. The Bertz CT molecular complexity index is 487. The van der Waals surface area contributed by atoms with Crippen LogP contribution in [-0.2, 0) is 11.3 Å². The molecule has 0 bridgehead atoms. The van der Waals surface area contributed by atoms with Gasteiger partial charge in [0.2, 0.25) is 5.91 Å². The molecule has 2 fully saturated rings. The van der Waals surface area contributed by atoms with Gasteiger partial charge < -0.3 is 4.90 Å². The molecule has 1 spiro atoms. The molecule has 2 heterocycles. The van der Waals surface area contributed by atoms with Crippen molar-refractivity contribution in [2.75, 3.05) is 32.1 Å². The van der Waals surface area contributed by atoms with Gasteiger partial charge in [-0.05, 0) is 49.8 Å². The zero-order valence-electron chi connectivity index (χ0n) is 13.1. The molecule has 3 nitrogen and oxygen atoms in total. The number of rotatable bonds is 3. The summed E-state index contributed by atoms with van der Waals surface area (Å²) in [4.78, 5) is 16.2. The average molecular weight is 321 g/mol. The topological polar surface area (TPSA) is 23.6 Å². The molecular formula is C18H25ClN2O. The molecule has 2 aliphatic heterocycles. The molecule has 0 saturated carbocycles. The predicted octanol–water partition coefficient (Wildman–Crippen LogP) is 3.13. The van der Waals surface area contributed by atoms with Crippen molar-refractivity contribution in [2.45, 2.75) is 32.2 Å². The first-order chi connectivity index (χ1) is 10.7. The lowest BCUT2D eigenvalue weighted by molar-refractivity contribution is -0.131. The van der Waals surface area contributed by atoms with E-state index >= 15 is 0 Å². The molecule has 0 N–H and O–H groups in total. The normalized spacial score (nSPS) is 22.0. The molecule has 2 saturated heterocycles. The van der Waals surface area contributed by atoms with E-state index in [4.69, 9.17) is 11.6 Å². The summed E-state index contributed by atoms with van der Waals surface area (Å²) in [6, 6.07) is 10.7. The molecule has 120 valence electrons. The Morgan fingerprint density at radius 1 is 1.00 bits per heavy atom. The van der Waals surface area contributed by atoms with Crippen LogP contribution in [0.4, 0.5) is 0 Å². The molecule has 1 aromatic carbocycles. The second kappa shape index (κ2) is 7.01. The Morgan fingerprint density at radius 3 is 2.18 bits per heavy atom. The summed E-state index contributed by atoms with van der Waals surface area (Å²) in [6.07, 6.45) is 4.83. The van der Waals surface area contributed by atoms with Crippen LogP contribution in [0.5, 0.6) is 0 Å². The number of halogens is 1. The first-order valence-electron chi connectivity index (χ1n) is 8.31. The van der Waals surface area contributed by atoms with Crippen LogP contribution < -0.4 is 0 Å². The molecule has 0 aromatic heterocycles. The summed E-state index contributed by atoms with van der Waals surface area (Å²) >= 11 is 5.66. The van der Waals surface area contributed by atoms with E-state index in [1.54, 1.807) is 0 Å². The van der Waals surface area contributed by atoms with E-state index in [1.807, 2.05) is 4.90 Å². The molecule has 1 amide bonds. The Hall–Kier alpha value is -1.06. The molecule has 0 atom stereocenters. The maximum Gasteiger partial charge on any atom is 0.237 e. The van der Waals surface area contributed by atoms with Crippen molar-refractivity contribution >= 4 is 17.5 Å². The number of carbonyl (C=O) groups excluding carboxylic acids is 1. The fourth-order valence-corrected chi connectivity index (χ4v) is 4.01. The highest BCUT2D eigenvalue weighted by molar-refractivity contribution is 6.27. The van der Waals surface area contributed by atoms with E-state index in [-0.39, 0.29) is 11.8 Å². The number of alkyl halides is 1. The summed E-state index contributed by atoms with van der Waals surface area (Å²) in [7, 11) is 0. The Labute approximate surface area is 138 Å². The van der Waals surface area contributed by atoms with Gasteiger partial charge in [-0.15, -0.1) is 11.6 Å². The minimum atomic E-state index is 0.0954. The van der Waals surface area contributed by atoms with Crippen molar-refractivity contribution in [3.8, 4) is 0 Å². The van der Waals surface area contributed by atoms with Crippen molar-refractivity contribution in [2.24, 2.45) is 5.41 Å². The lowest BCUT2D eigenvalue weighted by atomic mass is 9.71. The Kier molecular flexibility index (Phi) is 5.04. The second-order valence-electron chi connectivity index (χ2n) is 6.78. The molecule has 0 radical (unpaired) electrons. The maximum atomic E-state index is 11.7. The SMILES string of the molecule is O=C(CCl)N1CCC2(CCN(Cc3ccccc3)CC2)CC1. The molecule has 22 heavy (non-hydrogen) atoms. The van der Waals surface area contributed by atoms with Crippen LogP contribution in [0.15, 0.2) is 30.3 Å². The highest BCUT2D eigenvalue weighted by Crippen LogP contribution is 2.41. The average Bonchev–Trinajstić information content (AvgIpc) is 2.58.